The lowest BCUT2D eigenvalue weighted by molar-refractivity contribution is 0.0509. The van der Waals surface area contributed by atoms with Crippen LogP contribution in [-0.2, 0) is 24.0 Å². The molecule has 3 heterocycles. The van der Waals surface area contributed by atoms with Crippen LogP contribution in [0.15, 0.2) is 30.3 Å². The summed E-state index contributed by atoms with van der Waals surface area (Å²) in [7, 11) is 0. The third kappa shape index (κ3) is 4.24. The number of hydrogen-bond donors (Lipinski definition) is 2. The molecule has 0 spiro atoms. The van der Waals surface area contributed by atoms with Gasteiger partial charge in [0.25, 0.3) is 5.95 Å². The minimum atomic E-state index is -0.920. The number of H-pyrrole nitrogens is 1. The van der Waals surface area contributed by atoms with Crippen molar-refractivity contribution in [1.29, 1.82) is 0 Å². The molecule has 0 saturated carbocycles. The predicted molar refractivity (Wildman–Crippen MR) is 143 cm³/mol. The van der Waals surface area contributed by atoms with Gasteiger partial charge in [-0.05, 0) is 86.6 Å². The van der Waals surface area contributed by atoms with Gasteiger partial charge in [0.15, 0.2) is 5.69 Å². The van der Waals surface area contributed by atoms with E-state index in [2.05, 4.69) is 52.7 Å². The standard InChI is InChI=1S/C28H33N7O3/c1-6-10-23-29-24(18(5)36)26(27(37)38-7-2)35(23)25-16(3)15-22-20(17(25)4)14-13-19-11-8-9-12-21(19)34(22)28-30-32-33-31-28/h8-9,11-12,15,18,36H,6-7,10,13-14H2,1-5H3,(H,30,31,32,33). The van der Waals surface area contributed by atoms with Crippen molar-refractivity contribution < 1.29 is 14.6 Å². The van der Waals surface area contributed by atoms with Crippen molar-refractivity contribution in [2.75, 3.05) is 11.5 Å². The zero-order valence-corrected chi connectivity index (χ0v) is 22.4. The number of imidazole rings is 1. The van der Waals surface area contributed by atoms with Crippen LogP contribution in [0.2, 0.25) is 0 Å². The smallest absolute Gasteiger partial charge is 0.357 e. The van der Waals surface area contributed by atoms with Crippen LogP contribution in [0, 0.1) is 13.8 Å². The SMILES string of the molecule is CCCc1nc(C(C)O)c(C(=O)OCC)n1-c1c(C)cc2c(c1C)CCc1ccccc1N2c1nn[nH]n1. The van der Waals surface area contributed by atoms with Crippen molar-refractivity contribution in [3.05, 3.63) is 69.8 Å². The molecular formula is C28H33N7O3. The van der Waals surface area contributed by atoms with Gasteiger partial charge in [-0.1, -0.05) is 30.2 Å². The molecule has 2 aromatic carbocycles. The highest BCUT2D eigenvalue weighted by Gasteiger charge is 2.32. The molecule has 1 unspecified atom stereocenters. The molecule has 0 saturated heterocycles. The predicted octanol–water partition coefficient (Wildman–Crippen LogP) is 4.75. The Morgan fingerprint density at radius 3 is 2.66 bits per heavy atom. The van der Waals surface area contributed by atoms with Gasteiger partial charge in [-0.15, -0.1) is 5.10 Å². The number of fused-ring (bicyclic) bond motifs is 2. The number of rotatable bonds is 7. The minimum Gasteiger partial charge on any atom is -0.461 e. The number of tetrazole rings is 1. The van der Waals surface area contributed by atoms with E-state index in [1.807, 2.05) is 28.5 Å². The molecule has 5 rings (SSSR count). The van der Waals surface area contributed by atoms with Crippen LogP contribution in [-0.4, -0.2) is 47.9 Å². The molecule has 0 fully saturated rings. The Balaban J connectivity index is 1.80. The van der Waals surface area contributed by atoms with Crippen molar-refractivity contribution in [3.63, 3.8) is 0 Å². The fourth-order valence-corrected chi connectivity index (χ4v) is 5.45. The van der Waals surface area contributed by atoms with E-state index in [1.165, 1.54) is 5.56 Å². The van der Waals surface area contributed by atoms with E-state index >= 15 is 0 Å². The fraction of sp³-hybridized carbons (Fsp3) is 0.393. The maximum Gasteiger partial charge on any atom is 0.357 e. The summed E-state index contributed by atoms with van der Waals surface area (Å²) < 4.78 is 7.35. The highest BCUT2D eigenvalue weighted by atomic mass is 16.5. The first-order valence-electron chi connectivity index (χ1n) is 13.1. The van der Waals surface area contributed by atoms with Crippen molar-refractivity contribution >= 4 is 23.3 Å². The van der Waals surface area contributed by atoms with E-state index in [-0.39, 0.29) is 12.3 Å². The first-order valence-corrected chi connectivity index (χ1v) is 13.1. The number of anilines is 3. The Labute approximate surface area is 221 Å². The summed E-state index contributed by atoms with van der Waals surface area (Å²) in [4.78, 5) is 20.1. The molecular weight excluding hydrogens is 482 g/mol. The van der Waals surface area contributed by atoms with Crippen molar-refractivity contribution in [2.24, 2.45) is 0 Å². The van der Waals surface area contributed by atoms with E-state index in [9.17, 15) is 9.90 Å². The second kappa shape index (κ2) is 10.4. The number of aliphatic hydroxyl groups excluding tert-OH is 1. The maximum absolute atomic E-state index is 13.3. The van der Waals surface area contributed by atoms with E-state index in [4.69, 9.17) is 9.72 Å². The minimum absolute atomic E-state index is 0.229. The van der Waals surface area contributed by atoms with E-state index in [0.29, 0.717) is 18.1 Å². The molecule has 10 nitrogen and oxygen atoms in total. The lowest BCUT2D eigenvalue weighted by atomic mass is 9.95. The maximum atomic E-state index is 13.3. The summed E-state index contributed by atoms with van der Waals surface area (Å²) in [5.74, 6) is 0.697. The summed E-state index contributed by atoms with van der Waals surface area (Å²) in [5.41, 5.74) is 7.77. The van der Waals surface area contributed by atoms with E-state index in [0.717, 1.165) is 58.8 Å². The van der Waals surface area contributed by atoms with Crippen LogP contribution in [0.3, 0.4) is 0 Å². The number of aryl methyl sites for hydroxylation is 3. The zero-order valence-electron chi connectivity index (χ0n) is 22.4. The van der Waals surface area contributed by atoms with Crippen molar-refractivity contribution in [1.82, 2.24) is 30.2 Å². The number of aromatic amines is 1. The van der Waals surface area contributed by atoms with Gasteiger partial charge in [0.1, 0.15) is 11.5 Å². The van der Waals surface area contributed by atoms with Crippen molar-refractivity contribution in [2.45, 2.75) is 66.4 Å². The Kier molecular flexibility index (Phi) is 6.98. The normalized spacial score (nSPS) is 13.6. The van der Waals surface area contributed by atoms with E-state index in [1.54, 1.807) is 13.8 Å². The lowest BCUT2D eigenvalue weighted by Crippen LogP contribution is -2.19. The first kappa shape index (κ1) is 25.6. The Morgan fingerprint density at radius 1 is 1.18 bits per heavy atom. The number of para-hydroxylation sites is 1. The number of nitrogens with zero attached hydrogens (tertiary/aromatic N) is 6. The largest absolute Gasteiger partial charge is 0.461 e. The van der Waals surface area contributed by atoms with Crippen LogP contribution in [0.25, 0.3) is 5.69 Å². The average molecular weight is 516 g/mol. The summed E-state index contributed by atoms with van der Waals surface area (Å²) in [6.45, 7) is 9.81. The van der Waals surface area contributed by atoms with Crippen LogP contribution < -0.4 is 4.90 Å². The van der Waals surface area contributed by atoms with Crippen LogP contribution in [0.1, 0.15) is 77.6 Å². The number of carbonyl (C=O) groups is 1. The zero-order chi connectivity index (χ0) is 27.0. The number of aromatic nitrogens is 6. The van der Waals surface area contributed by atoms with Crippen LogP contribution >= 0.6 is 0 Å². The monoisotopic (exact) mass is 515 g/mol. The summed E-state index contributed by atoms with van der Waals surface area (Å²) >= 11 is 0. The van der Waals surface area contributed by atoms with Gasteiger partial charge in [-0.2, -0.15) is 5.21 Å². The van der Waals surface area contributed by atoms with Gasteiger partial charge in [-0.25, -0.2) is 9.78 Å². The molecule has 1 aliphatic heterocycles. The topological polar surface area (TPSA) is 122 Å². The van der Waals surface area contributed by atoms with Gasteiger partial charge in [-0.3, -0.25) is 9.47 Å². The quantitative estimate of drug-likeness (QED) is 0.338. The average Bonchev–Trinajstić information content (AvgIpc) is 3.51. The first-order chi connectivity index (χ1) is 18.4. The highest BCUT2D eigenvalue weighted by Crippen LogP contribution is 2.44. The molecule has 0 radical (unpaired) electrons. The molecule has 1 atom stereocenters. The molecule has 2 aromatic heterocycles. The molecule has 0 amide bonds. The number of ether oxygens (including phenoxy) is 1. The molecule has 10 heteroatoms. The van der Waals surface area contributed by atoms with Gasteiger partial charge in [0.2, 0.25) is 0 Å². The molecule has 2 N–H and O–H groups in total. The highest BCUT2D eigenvalue weighted by molar-refractivity contribution is 5.91. The lowest BCUT2D eigenvalue weighted by Gasteiger charge is -2.26. The Bertz CT molecular complexity index is 1470. The number of benzene rings is 2. The van der Waals surface area contributed by atoms with Crippen LogP contribution in [0.4, 0.5) is 17.3 Å². The number of nitrogens with one attached hydrogen (secondary N) is 1. The fourth-order valence-electron chi connectivity index (χ4n) is 5.45. The number of carbonyl (C=O) groups excluding carboxylic acids is 1. The Hall–Kier alpha value is -4.05. The molecule has 0 bridgehead atoms. The van der Waals surface area contributed by atoms with Gasteiger partial charge < -0.3 is 9.84 Å². The number of aliphatic hydroxyl groups is 1. The van der Waals surface area contributed by atoms with Gasteiger partial charge in [0, 0.05) is 6.42 Å². The molecule has 1 aliphatic rings. The van der Waals surface area contributed by atoms with Crippen molar-refractivity contribution in [3.8, 4) is 5.69 Å². The molecule has 38 heavy (non-hydrogen) atoms. The second-order valence-corrected chi connectivity index (χ2v) is 9.58. The molecule has 4 aromatic rings. The molecule has 0 aliphatic carbocycles. The third-order valence-electron chi connectivity index (χ3n) is 7.03. The van der Waals surface area contributed by atoms with Gasteiger partial charge in [0.05, 0.1) is 29.8 Å². The third-order valence-corrected chi connectivity index (χ3v) is 7.03. The van der Waals surface area contributed by atoms with E-state index < -0.39 is 12.1 Å². The van der Waals surface area contributed by atoms with Crippen LogP contribution in [0.5, 0.6) is 0 Å². The summed E-state index contributed by atoms with van der Waals surface area (Å²) in [6.07, 6.45) is 2.18. The summed E-state index contributed by atoms with van der Waals surface area (Å²) in [5, 5.41) is 25.6. The number of hydrogen-bond acceptors (Lipinski definition) is 8. The summed E-state index contributed by atoms with van der Waals surface area (Å²) in [6, 6.07) is 10.4. The molecule has 198 valence electrons. The second-order valence-electron chi connectivity index (χ2n) is 9.58. The van der Waals surface area contributed by atoms with Gasteiger partial charge >= 0.3 is 5.97 Å². The number of esters is 1. The Morgan fingerprint density at radius 2 is 1.97 bits per heavy atom.